The van der Waals surface area contributed by atoms with Gasteiger partial charge in [-0.25, -0.2) is 4.79 Å². The van der Waals surface area contributed by atoms with E-state index in [4.69, 9.17) is 9.47 Å². The zero-order chi connectivity index (χ0) is 20.1. The summed E-state index contributed by atoms with van der Waals surface area (Å²) in [6.45, 7) is 3.20. The first-order valence-corrected chi connectivity index (χ1v) is 11.0. The number of ether oxygens (including phenoxy) is 2. The molecule has 1 amide bonds. The maximum Gasteiger partial charge on any atom is 0.341 e. The highest BCUT2D eigenvalue weighted by atomic mass is 32.1. The van der Waals surface area contributed by atoms with Gasteiger partial charge in [-0.05, 0) is 67.5 Å². The molecule has 0 unspecified atom stereocenters. The van der Waals surface area contributed by atoms with Gasteiger partial charge < -0.3 is 14.8 Å². The molecule has 2 aromatic heterocycles. The van der Waals surface area contributed by atoms with Crippen LogP contribution in [0.3, 0.4) is 0 Å². The van der Waals surface area contributed by atoms with Crippen molar-refractivity contribution in [2.45, 2.75) is 52.1 Å². The lowest BCUT2D eigenvalue weighted by atomic mass is 9.95. The molecule has 1 aliphatic carbocycles. The Hall–Kier alpha value is -2.19. The standard InChI is InChI=1S/C20H23NO5S2/c1-12(2)26-20(24)18-14-5-3-4-6-15(14)28-19(18)21-16(22)10-25-17(23)9-13-7-8-27-11-13/h7-8,11-12H,3-6,9-10H2,1-2H3,(H,21,22). The average molecular weight is 422 g/mol. The number of carbonyl (C=O) groups excluding carboxylic acids is 3. The third-order valence-corrected chi connectivity index (χ3v) is 6.20. The molecule has 3 rings (SSSR count). The third-order valence-electron chi connectivity index (χ3n) is 4.26. The summed E-state index contributed by atoms with van der Waals surface area (Å²) in [5.41, 5.74) is 2.29. The number of esters is 2. The normalized spacial score (nSPS) is 13.1. The molecule has 0 aromatic carbocycles. The summed E-state index contributed by atoms with van der Waals surface area (Å²) in [7, 11) is 0. The molecule has 0 aliphatic heterocycles. The van der Waals surface area contributed by atoms with Gasteiger partial charge >= 0.3 is 11.9 Å². The molecule has 0 fully saturated rings. The van der Waals surface area contributed by atoms with Crippen LogP contribution in [0.5, 0.6) is 0 Å². The lowest BCUT2D eigenvalue weighted by molar-refractivity contribution is -0.146. The van der Waals surface area contributed by atoms with Crippen LogP contribution >= 0.6 is 22.7 Å². The molecule has 28 heavy (non-hydrogen) atoms. The lowest BCUT2D eigenvalue weighted by Gasteiger charge is -2.14. The van der Waals surface area contributed by atoms with E-state index in [0.717, 1.165) is 41.7 Å². The van der Waals surface area contributed by atoms with Gasteiger partial charge in [0.1, 0.15) is 5.00 Å². The minimum atomic E-state index is -0.462. The molecule has 0 bridgehead atoms. The monoisotopic (exact) mass is 421 g/mol. The number of hydrogen-bond donors (Lipinski definition) is 1. The summed E-state index contributed by atoms with van der Waals surface area (Å²) in [6.07, 6.45) is 3.68. The molecular formula is C20H23NO5S2. The number of thiophene rings is 2. The minimum Gasteiger partial charge on any atom is -0.459 e. The fourth-order valence-corrected chi connectivity index (χ4v) is 5.02. The van der Waals surface area contributed by atoms with E-state index in [1.54, 1.807) is 13.8 Å². The van der Waals surface area contributed by atoms with Crippen molar-refractivity contribution in [3.05, 3.63) is 38.4 Å². The van der Waals surface area contributed by atoms with Gasteiger partial charge in [-0.15, -0.1) is 11.3 Å². The first kappa shape index (κ1) is 20.5. The predicted molar refractivity (Wildman–Crippen MR) is 109 cm³/mol. The van der Waals surface area contributed by atoms with Crippen LogP contribution in [0.25, 0.3) is 0 Å². The summed E-state index contributed by atoms with van der Waals surface area (Å²) in [5, 5.41) is 6.97. The fourth-order valence-electron chi connectivity index (χ4n) is 3.06. The zero-order valence-electron chi connectivity index (χ0n) is 15.9. The Labute approximate surface area is 171 Å². The van der Waals surface area contributed by atoms with E-state index in [0.29, 0.717) is 10.6 Å². The summed E-state index contributed by atoms with van der Waals surface area (Å²) in [4.78, 5) is 37.9. The van der Waals surface area contributed by atoms with E-state index < -0.39 is 17.8 Å². The van der Waals surface area contributed by atoms with Crippen LogP contribution in [0.2, 0.25) is 0 Å². The Morgan fingerprint density at radius 3 is 2.71 bits per heavy atom. The van der Waals surface area contributed by atoms with Crippen LogP contribution in [-0.2, 0) is 38.3 Å². The van der Waals surface area contributed by atoms with Gasteiger partial charge in [0, 0.05) is 4.88 Å². The van der Waals surface area contributed by atoms with Gasteiger partial charge in [0.05, 0.1) is 18.1 Å². The highest BCUT2D eigenvalue weighted by Gasteiger charge is 2.28. The highest BCUT2D eigenvalue weighted by Crippen LogP contribution is 2.38. The Bertz CT molecular complexity index is 854. The Morgan fingerprint density at radius 2 is 2.00 bits per heavy atom. The Morgan fingerprint density at radius 1 is 1.21 bits per heavy atom. The molecule has 0 saturated carbocycles. The molecule has 2 aromatic rings. The summed E-state index contributed by atoms with van der Waals surface area (Å²) < 4.78 is 10.4. The number of rotatable bonds is 7. The van der Waals surface area contributed by atoms with E-state index in [-0.39, 0.29) is 19.1 Å². The van der Waals surface area contributed by atoms with E-state index in [1.807, 2.05) is 16.8 Å². The largest absolute Gasteiger partial charge is 0.459 e. The third kappa shape index (κ3) is 5.20. The van der Waals surface area contributed by atoms with Crippen LogP contribution in [0.1, 0.15) is 53.1 Å². The van der Waals surface area contributed by atoms with Crippen molar-refractivity contribution in [3.63, 3.8) is 0 Å². The molecule has 6 nitrogen and oxygen atoms in total. The van der Waals surface area contributed by atoms with E-state index in [2.05, 4.69) is 5.32 Å². The van der Waals surface area contributed by atoms with Gasteiger partial charge in [-0.1, -0.05) is 0 Å². The van der Waals surface area contributed by atoms with Crippen molar-refractivity contribution >= 4 is 45.5 Å². The number of amides is 1. The Kier molecular flexibility index (Phi) is 6.85. The minimum absolute atomic E-state index is 0.135. The van der Waals surface area contributed by atoms with Gasteiger partial charge in [0.15, 0.2) is 6.61 Å². The summed E-state index contributed by atoms with van der Waals surface area (Å²) in [5.74, 6) is -1.34. The molecule has 0 saturated heterocycles. The Balaban J connectivity index is 1.65. The fraction of sp³-hybridized carbons (Fsp3) is 0.450. The zero-order valence-corrected chi connectivity index (χ0v) is 17.5. The number of aryl methyl sites for hydroxylation is 1. The molecule has 1 N–H and O–H groups in total. The van der Waals surface area contributed by atoms with Crippen molar-refractivity contribution < 1.29 is 23.9 Å². The molecule has 0 radical (unpaired) electrons. The van der Waals surface area contributed by atoms with Gasteiger partial charge in [0.25, 0.3) is 5.91 Å². The van der Waals surface area contributed by atoms with Gasteiger partial charge in [-0.3, -0.25) is 9.59 Å². The number of carbonyl (C=O) groups is 3. The summed E-state index contributed by atoms with van der Waals surface area (Å²) >= 11 is 2.91. The van der Waals surface area contributed by atoms with Crippen molar-refractivity contribution in [2.75, 3.05) is 11.9 Å². The number of anilines is 1. The molecule has 150 valence electrons. The van der Waals surface area contributed by atoms with Crippen LogP contribution < -0.4 is 5.32 Å². The second-order valence-electron chi connectivity index (χ2n) is 6.89. The van der Waals surface area contributed by atoms with Gasteiger partial charge in [-0.2, -0.15) is 11.3 Å². The lowest BCUT2D eigenvalue weighted by Crippen LogP contribution is -2.23. The quantitative estimate of drug-likeness (QED) is 0.684. The molecule has 0 atom stereocenters. The second-order valence-corrected chi connectivity index (χ2v) is 8.77. The van der Waals surface area contributed by atoms with E-state index in [1.165, 1.54) is 22.7 Å². The molecule has 2 heterocycles. The number of nitrogens with one attached hydrogen (secondary N) is 1. The first-order valence-electron chi connectivity index (χ1n) is 9.26. The first-order chi connectivity index (χ1) is 13.4. The second kappa shape index (κ2) is 9.34. The van der Waals surface area contributed by atoms with Crippen molar-refractivity contribution in [3.8, 4) is 0 Å². The highest BCUT2D eigenvalue weighted by molar-refractivity contribution is 7.17. The molecule has 1 aliphatic rings. The number of fused-ring (bicyclic) bond motifs is 1. The molecule has 8 heteroatoms. The topological polar surface area (TPSA) is 81.7 Å². The maximum absolute atomic E-state index is 12.6. The van der Waals surface area contributed by atoms with E-state index >= 15 is 0 Å². The van der Waals surface area contributed by atoms with Gasteiger partial charge in [0.2, 0.25) is 0 Å². The maximum atomic E-state index is 12.6. The van der Waals surface area contributed by atoms with Crippen molar-refractivity contribution in [1.82, 2.24) is 0 Å². The average Bonchev–Trinajstić information content (AvgIpc) is 3.26. The number of hydrogen-bond acceptors (Lipinski definition) is 7. The van der Waals surface area contributed by atoms with Crippen molar-refractivity contribution in [1.29, 1.82) is 0 Å². The van der Waals surface area contributed by atoms with Crippen molar-refractivity contribution in [2.24, 2.45) is 0 Å². The predicted octanol–water partition coefficient (Wildman–Crippen LogP) is 3.98. The summed E-state index contributed by atoms with van der Waals surface area (Å²) in [6, 6.07) is 1.84. The van der Waals surface area contributed by atoms with E-state index in [9.17, 15) is 14.4 Å². The smallest absolute Gasteiger partial charge is 0.341 e. The van der Waals surface area contributed by atoms with Crippen LogP contribution in [-0.4, -0.2) is 30.6 Å². The molecular weight excluding hydrogens is 398 g/mol. The van der Waals surface area contributed by atoms with Crippen LogP contribution in [0.15, 0.2) is 16.8 Å². The molecule has 0 spiro atoms. The van der Waals surface area contributed by atoms with Crippen LogP contribution in [0.4, 0.5) is 5.00 Å². The SMILES string of the molecule is CC(C)OC(=O)c1c(NC(=O)COC(=O)Cc2ccsc2)sc2c1CCCC2. The van der Waals surface area contributed by atoms with Crippen LogP contribution in [0, 0.1) is 0 Å².